The molecule has 0 fully saturated rings. The second-order valence-corrected chi connectivity index (χ2v) is 5.68. The fourth-order valence-corrected chi connectivity index (χ4v) is 2.36. The molecule has 2 aromatic carbocycles. The lowest BCUT2D eigenvalue weighted by atomic mass is 10.2. The zero-order chi connectivity index (χ0) is 18.5. The molecule has 1 aromatic heterocycles. The number of hydrogen-bond acceptors (Lipinski definition) is 3. The summed E-state index contributed by atoms with van der Waals surface area (Å²) in [7, 11) is 0. The van der Waals surface area contributed by atoms with Gasteiger partial charge in [0, 0.05) is 23.8 Å². The summed E-state index contributed by atoms with van der Waals surface area (Å²) in [6.07, 6.45) is 2.73. The molecular formula is C20H17FN2O3. The van der Waals surface area contributed by atoms with Gasteiger partial charge in [-0.2, -0.15) is 0 Å². The van der Waals surface area contributed by atoms with Crippen LogP contribution in [-0.2, 0) is 9.53 Å². The van der Waals surface area contributed by atoms with Crippen LogP contribution in [0.1, 0.15) is 17.3 Å². The van der Waals surface area contributed by atoms with Crippen molar-refractivity contribution >= 4 is 17.6 Å². The Morgan fingerprint density at radius 1 is 1.04 bits per heavy atom. The minimum atomic E-state index is -0.997. The monoisotopic (exact) mass is 352 g/mol. The highest BCUT2D eigenvalue weighted by Crippen LogP contribution is 2.14. The van der Waals surface area contributed by atoms with Crippen molar-refractivity contribution in [2.75, 3.05) is 5.32 Å². The molecule has 1 atom stereocenters. The number of rotatable bonds is 5. The SMILES string of the molecule is CC(OC(=O)c1cccc(-n2cccc2)c1)C(=O)Nc1ccc(F)cc1. The van der Waals surface area contributed by atoms with Gasteiger partial charge in [0.25, 0.3) is 5.91 Å². The molecule has 26 heavy (non-hydrogen) atoms. The van der Waals surface area contributed by atoms with E-state index in [9.17, 15) is 14.0 Å². The van der Waals surface area contributed by atoms with Gasteiger partial charge in [-0.05, 0) is 61.5 Å². The molecule has 3 aromatic rings. The molecule has 0 bridgehead atoms. The predicted octanol–water partition coefficient (Wildman–Crippen LogP) is 3.80. The summed E-state index contributed by atoms with van der Waals surface area (Å²) >= 11 is 0. The topological polar surface area (TPSA) is 60.3 Å². The van der Waals surface area contributed by atoms with Crippen LogP contribution in [0.25, 0.3) is 5.69 Å². The highest BCUT2D eigenvalue weighted by molar-refractivity contribution is 5.97. The van der Waals surface area contributed by atoms with Crippen LogP contribution in [0.15, 0.2) is 73.1 Å². The largest absolute Gasteiger partial charge is 0.449 e. The molecule has 1 amide bonds. The standard InChI is InChI=1S/C20H17FN2O3/c1-14(19(24)22-17-9-7-16(21)8-10-17)26-20(25)15-5-4-6-18(13-15)23-11-2-3-12-23/h2-14H,1H3,(H,22,24). The molecule has 132 valence electrons. The quantitative estimate of drug-likeness (QED) is 0.711. The molecule has 0 spiro atoms. The Labute approximate surface area is 150 Å². The number of hydrogen-bond donors (Lipinski definition) is 1. The summed E-state index contributed by atoms with van der Waals surface area (Å²) in [6, 6.07) is 16.0. The maximum Gasteiger partial charge on any atom is 0.338 e. The average Bonchev–Trinajstić information content (AvgIpc) is 3.18. The Kier molecular flexibility index (Phi) is 5.12. The molecule has 6 heteroatoms. The van der Waals surface area contributed by atoms with Crippen molar-refractivity contribution in [1.29, 1.82) is 0 Å². The van der Waals surface area contributed by atoms with E-state index in [1.165, 1.54) is 31.2 Å². The fraction of sp³-hybridized carbons (Fsp3) is 0.100. The molecule has 1 heterocycles. The van der Waals surface area contributed by atoms with E-state index in [-0.39, 0.29) is 0 Å². The summed E-state index contributed by atoms with van der Waals surface area (Å²) < 4.78 is 20.0. The van der Waals surface area contributed by atoms with E-state index in [1.807, 2.05) is 35.2 Å². The van der Waals surface area contributed by atoms with Crippen LogP contribution in [0, 0.1) is 5.82 Å². The summed E-state index contributed by atoms with van der Waals surface area (Å²) in [5, 5.41) is 2.57. The third-order valence-electron chi connectivity index (χ3n) is 3.75. The predicted molar refractivity (Wildman–Crippen MR) is 95.7 cm³/mol. The van der Waals surface area contributed by atoms with Gasteiger partial charge in [0.2, 0.25) is 0 Å². The van der Waals surface area contributed by atoms with E-state index >= 15 is 0 Å². The zero-order valence-corrected chi connectivity index (χ0v) is 14.1. The van der Waals surface area contributed by atoms with Crippen LogP contribution in [0.2, 0.25) is 0 Å². The first-order chi connectivity index (χ1) is 12.5. The van der Waals surface area contributed by atoms with Crippen LogP contribution < -0.4 is 5.32 Å². The summed E-state index contributed by atoms with van der Waals surface area (Å²) in [5.41, 5.74) is 1.58. The molecule has 3 rings (SSSR count). The highest BCUT2D eigenvalue weighted by atomic mass is 19.1. The van der Waals surface area contributed by atoms with Crippen LogP contribution in [0.3, 0.4) is 0 Å². The Hall–Kier alpha value is -3.41. The van der Waals surface area contributed by atoms with Gasteiger partial charge in [-0.25, -0.2) is 9.18 Å². The molecule has 0 aliphatic carbocycles. The van der Waals surface area contributed by atoms with Gasteiger partial charge in [-0.1, -0.05) is 6.07 Å². The lowest BCUT2D eigenvalue weighted by Gasteiger charge is -2.14. The van der Waals surface area contributed by atoms with Gasteiger partial charge in [-0.3, -0.25) is 4.79 Å². The Balaban J connectivity index is 1.64. The van der Waals surface area contributed by atoms with Crippen LogP contribution in [0.5, 0.6) is 0 Å². The molecule has 0 aliphatic heterocycles. The first kappa shape index (κ1) is 17.4. The molecule has 0 radical (unpaired) electrons. The van der Waals surface area contributed by atoms with E-state index in [2.05, 4.69) is 5.32 Å². The van der Waals surface area contributed by atoms with Crippen molar-refractivity contribution < 1.29 is 18.7 Å². The van der Waals surface area contributed by atoms with Crippen molar-refractivity contribution in [3.63, 3.8) is 0 Å². The Morgan fingerprint density at radius 3 is 2.42 bits per heavy atom. The average molecular weight is 352 g/mol. The number of nitrogens with zero attached hydrogens (tertiary/aromatic N) is 1. The number of nitrogens with one attached hydrogen (secondary N) is 1. The number of aromatic nitrogens is 1. The number of ether oxygens (including phenoxy) is 1. The lowest BCUT2D eigenvalue weighted by Crippen LogP contribution is -2.30. The van der Waals surface area contributed by atoms with E-state index in [0.29, 0.717) is 11.3 Å². The lowest BCUT2D eigenvalue weighted by molar-refractivity contribution is -0.123. The Bertz CT molecular complexity index is 905. The van der Waals surface area contributed by atoms with Crippen molar-refractivity contribution in [2.45, 2.75) is 13.0 Å². The summed E-state index contributed by atoms with van der Waals surface area (Å²) in [4.78, 5) is 24.4. The molecule has 1 N–H and O–H groups in total. The third-order valence-corrected chi connectivity index (χ3v) is 3.75. The van der Waals surface area contributed by atoms with E-state index in [4.69, 9.17) is 4.74 Å². The third kappa shape index (κ3) is 4.16. The minimum absolute atomic E-state index is 0.345. The molecule has 1 unspecified atom stereocenters. The number of amides is 1. The number of carbonyl (C=O) groups is 2. The van der Waals surface area contributed by atoms with E-state index in [1.54, 1.807) is 18.2 Å². The molecule has 0 saturated heterocycles. The smallest absolute Gasteiger partial charge is 0.338 e. The van der Waals surface area contributed by atoms with E-state index in [0.717, 1.165) is 5.69 Å². The maximum atomic E-state index is 12.9. The maximum absolute atomic E-state index is 12.9. The first-order valence-electron chi connectivity index (χ1n) is 8.04. The number of anilines is 1. The van der Waals surface area contributed by atoms with Gasteiger partial charge < -0.3 is 14.6 Å². The van der Waals surface area contributed by atoms with Crippen molar-refractivity contribution in [3.8, 4) is 5.69 Å². The molecular weight excluding hydrogens is 335 g/mol. The normalized spacial score (nSPS) is 11.6. The molecule has 0 saturated carbocycles. The van der Waals surface area contributed by atoms with E-state index < -0.39 is 23.8 Å². The second-order valence-electron chi connectivity index (χ2n) is 5.68. The number of halogens is 1. The fourth-order valence-electron chi connectivity index (χ4n) is 2.36. The van der Waals surface area contributed by atoms with Gasteiger partial charge in [0.1, 0.15) is 5.82 Å². The molecule has 0 aliphatic rings. The Morgan fingerprint density at radius 2 is 1.73 bits per heavy atom. The highest BCUT2D eigenvalue weighted by Gasteiger charge is 2.19. The van der Waals surface area contributed by atoms with Crippen LogP contribution in [-0.4, -0.2) is 22.5 Å². The van der Waals surface area contributed by atoms with Crippen LogP contribution in [0.4, 0.5) is 10.1 Å². The van der Waals surface area contributed by atoms with Crippen molar-refractivity contribution in [2.24, 2.45) is 0 Å². The van der Waals surface area contributed by atoms with Crippen molar-refractivity contribution in [3.05, 3.63) is 84.4 Å². The zero-order valence-electron chi connectivity index (χ0n) is 14.1. The van der Waals surface area contributed by atoms with Gasteiger partial charge in [0.15, 0.2) is 6.10 Å². The number of benzene rings is 2. The summed E-state index contributed by atoms with van der Waals surface area (Å²) in [6.45, 7) is 1.48. The number of esters is 1. The van der Waals surface area contributed by atoms with Crippen molar-refractivity contribution in [1.82, 2.24) is 4.57 Å². The number of carbonyl (C=O) groups excluding carboxylic acids is 2. The van der Waals surface area contributed by atoms with Crippen LogP contribution >= 0.6 is 0 Å². The molecule has 5 nitrogen and oxygen atoms in total. The van der Waals surface area contributed by atoms with Gasteiger partial charge in [-0.15, -0.1) is 0 Å². The van der Waals surface area contributed by atoms with Gasteiger partial charge >= 0.3 is 5.97 Å². The second kappa shape index (κ2) is 7.65. The van der Waals surface area contributed by atoms with Gasteiger partial charge in [0.05, 0.1) is 5.56 Å². The summed E-state index contributed by atoms with van der Waals surface area (Å²) in [5.74, 6) is -1.49. The minimum Gasteiger partial charge on any atom is -0.449 e. The first-order valence-corrected chi connectivity index (χ1v) is 8.04.